The van der Waals surface area contributed by atoms with Crippen molar-refractivity contribution in [2.75, 3.05) is 19.8 Å². The molecular weight excluding hydrogens is 483 g/mol. The second-order valence-electron chi connectivity index (χ2n) is 9.20. The number of aliphatic hydroxyl groups excluding tert-OH is 1. The molecule has 0 spiro atoms. The lowest BCUT2D eigenvalue weighted by molar-refractivity contribution is -0.128. The van der Waals surface area contributed by atoms with Crippen molar-refractivity contribution in [1.82, 2.24) is 5.32 Å². The van der Waals surface area contributed by atoms with E-state index in [1.165, 1.54) is 12.1 Å². The molecule has 3 aromatic rings. The van der Waals surface area contributed by atoms with E-state index in [9.17, 15) is 9.18 Å². The summed E-state index contributed by atoms with van der Waals surface area (Å²) >= 11 is 0. The van der Waals surface area contributed by atoms with Crippen LogP contribution in [0.4, 0.5) is 4.39 Å². The molecule has 0 radical (unpaired) electrons. The normalized spacial score (nSPS) is 18.7. The molecule has 0 aliphatic carbocycles. The van der Waals surface area contributed by atoms with Crippen LogP contribution in [0.15, 0.2) is 89.9 Å². The van der Waals surface area contributed by atoms with E-state index in [0.29, 0.717) is 44.1 Å². The lowest BCUT2D eigenvalue weighted by Gasteiger charge is -2.27. The minimum Gasteiger partial charge on any atom is -0.494 e. The van der Waals surface area contributed by atoms with Crippen molar-refractivity contribution in [3.05, 3.63) is 107 Å². The van der Waals surface area contributed by atoms with Crippen LogP contribution >= 0.6 is 0 Å². The topological polar surface area (TPSA) is 80.2 Å². The first-order valence-corrected chi connectivity index (χ1v) is 12.8. The number of nitrogens with zero attached hydrogens (tertiary/aromatic N) is 1. The second kappa shape index (κ2) is 13.0. The fourth-order valence-electron chi connectivity index (χ4n) is 4.25. The maximum atomic E-state index is 13.6. The van der Waals surface area contributed by atoms with Crippen LogP contribution in [-0.4, -0.2) is 48.3 Å². The number of benzene rings is 3. The Morgan fingerprint density at radius 2 is 1.84 bits per heavy atom. The fourth-order valence-corrected chi connectivity index (χ4v) is 4.25. The van der Waals surface area contributed by atoms with Gasteiger partial charge in [0.15, 0.2) is 5.54 Å². The highest BCUT2D eigenvalue weighted by Crippen LogP contribution is 2.33. The predicted molar refractivity (Wildman–Crippen MR) is 147 cm³/mol. The maximum absolute atomic E-state index is 13.6. The average molecular weight is 517 g/mol. The molecule has 1 amide bonds. The first-order valence-electron chi connectivity index (χ1n) is 12.8. The van der Waals surface area contributed by atoms with Gasteiger partial charge in [-0.2, -0.15) is 0 Å². The van der Waals surface area contributed by atoms with Crippen molar-refractivity contribution in [3.8, 4) is 5.75 Å². The van der Waals surface area contributed by atoms with Crippen LogP contribution in [0.3, 0.4) is 0 Å². The Hall–Kier alpha value is -3.97. The van der Waals surface area contributed by atoms with Gasteiger partial charge in [-0.25, -0.2) is 9.38 Å². The van der Waals surface area contributed by atoms with E-state index in [-0.39, 0.29) is 18.3 Å². The second-order valence-corrected chi connectivity index (χ2v) is 9.20. The molecule has 0 saturated carbocycles. The van der Waals surface area contributed by atoms with E-state index >= 15 is 0 Å². The van der Waals surface area contributed by atoms with Crippen molar-refractivity contribution in [2.45, 2.75) is 37.8 Å². The molecule has 3 aromatic carbocycles. The maximum Gasteiger partial charge on any atom is 0.252 e. The molecule has 4 rings (SSSR count). The van der Waals surface area contributed by atoms with E-state index < -0.39 is 11.6 Å². The van der Waals surface area contributed by atoms with Gasteiger partial charge < -0.3 is 19.9 Å². The van der Waals surface area contributed by atoms with Gasteiger partial charge in [0.25, 0.3) is 5.91 Å². The minimum absolute atomic E-state index is 0.0768. The van der Waals surface area contributed by atoms with Gasteiger partial charge in [0, 0.05) is 31.6 Å². The van der Waals surface area contributed by atoms with Gasteiger partial charge in [-0.15, -0.1) is 0 Å². The van der Waals surface area contributed by atoms with Gasteiger partial charge in [-0.1, -0.05) is 54.6 Å². The summed E-state index contributed by atoms with van der Waals surface area (Å²) in [4.78, 5) is 18.5. The summed E-state index contributed by atoms with van der Waals surface area (Å²) in [7, 11) is 0. The van der Waals surface area contributed by atoms with Crippen LogP contribution < -0.4 is 10.1 Å². The molecular formula is C31H33FN2O4. The SMILES string of the molecule is C[C@H]1OC(c2ccc(OCCCO)cc2)=N[C@@]1(C/C=C/c1ccccc1)C(=O)NCCc1ccc(F)cc1. The molecule has 0 aromatic heterocycles. The summed E-state index contributed by atoms with van der Waals surface area (Å²) in [6.07, 6.45) is 4.93. The summed E-state index contributed by atoms with van der Waals surface area (Å²) in [5.74, 6) is 0.583. The number of aliphatic hydroxyl groups is 1. The zero-order chi connectivity index (χ0) is 26.8. The third kappa shape index (κ3) is 6.86. The summed E-state index contributed by atoms with van der Waals surface area (Å²) in [5, 5.41) is 12.0. The number of carbonyl (C=O) groups is 1. The van der Waals surface area contributed by atoms with Gasteiger partial charge in [0.1, 0.15) is 17.7 Å². The van der Waals surface area contributed by atoms with Gasteiger partial charge in [-0.05, 0) is 60.9 Å². The smallest absolute Gasteiger partial charge is 0.252 e. The van der Waals surface area contributed by atoms with Crippen molar-refractivity contribution in [2.24, 2.45) is 4.99 Å². The van der Waals surface area contributed by atoms with E-state index in [2.05, 4.69) is 5.32 Å². The Labute approximate surface area is 222 Å². The van der Waals surface area contributed by atoms with E-state index in [0.717, 1.165) is 16.7 Å². The van der Waals surface area contributed by atoms with Crippen molar-refractivity contribution in [3.63, 3.8) is 0 Å². The van der Waals surface area contributed by atoms with Crippen LogP contribution in [0.2, 0.25) is 0 Å². The Balaban J connectivity index is 1.52. The van der Waals surface area contributed by atoms with Crippen LogP contribution in [0.5, 0.6) is 5.75 Å². The molecule has 198 valence electrons. The van der Waals surface area contributed by atoms with E-state index in [1.807, 2.05) is 73.7 Å². The molecule has 0 saturated heterocycles. The third-order valence-corrected chi connectivity index (χ3v) is 6.48. The number of hydrogen-bond donors (Lipinski definition) is 2. The quantitative estimate of drug-likeness (QED) is 0.334. The van der Waals surface area contributed by atoms with Crippen LogP contribution in [-0.2, 0) is 16.0 Å². The summed E-state index contributed by atoms with van der Waals surface area (Å²) < 4.78 is 25.0. The molecule has 2 atom stereocenters. The van der Waals surface area contributed by atoms with Gasteiger partial charge in [0.05, 0.1) is 6.61 Å². The van der Waals surface area contributed by atoms with Crippen LogP contribution in [0.1, 0.15) is 36.5 Å². The van der Waals surface area contributed by atoms with Crippen molar-refractivity contribution >= 4 is 17.9 Å². The number of carbonyl (C=O) groups excluding carboxylic acids is 1. The lowest BCUT2D eigenvalue weighted by atomic mass is 9.89. The highest BCUT2D eigenvalue weighted by atomic mass is 19.1. The molecule has 0 unspecified atom stereocenters. The number of hydrogen-bond acceptors (Lipinski definition) is 5. The predicted octanol–water partition coefficient (Wildman–Crippen LogP) is 4.95. The molecule has 1 aliphatic rings. The Morgan fingerprint density at radius 3 is 2.55 bits per heavy atom. The number of aliphatic imine (C=N–C) groups is 1. The fraction of sp³-hybridized carbons (Fsp3) is 0.290. The number of ether oxygens (including phenoxy) is 2. The molecule has 38 heavy (non-hydrogen) atoms. The lowest BCUT2D eigenvalue weighted by Crippen LogP contribution is -2.51. The molecule has 7 heteroatoms. The monoisotopic (exact) mass is 516 g/mol. The zero-order valence-corrected chi connectivity index (χ0v) is 21.5. The van der Waals surface area contributed by atoms with Gasteiger partial charge in [0.2, 0.25) is 5.90 Å². The zero-order valence-electron chi connectivity index (χ0n) is 21.5. The van der Waals surface area contributed by atoms with Gasteiger partial charge in [-0.3, -0.25) is 4.79 Å². The Bertz CT molecular complexity index is 1240. The minimum atomic E-state index is -1.14. The van der Waals surface area contributed by atoms with Crippen LogP contribution in [0, 0.1) is 5.82 Å². The molecule has 1 aliphatic heterocycles. The highest BCUT2D eigenvalue weighted by molar-refractivity contribution is 6.00. The first kappa shape index (κ1) is 27.1. The van der Waals surface area contributed by atoms with Crippen LogP contribution in [0.25, 0.3) is 6.08 Å². The van der Waals surface area contributed by atoms with Crippen molar-refractivity contribution < 1.29 is 23.8 Å². The van der Waals surface area contributed by atoms with E-state index in [1.54, 1.807) is 12.1 Å². The Kier molecular flexibility index (Phi) is 9.27. The summed E-state index contributed by atoms with van der Waals surface area (Å²) in [6.45, 7) is 2.76. The van der Waals surface area contributed by atoms with E-state index in [4.69, 9.17) is 19.6 Å². The summed E-state index contributed by atoms with van der Waals surface area (Å²) in [5.41, 5.74) is 1.58. The number of amides is 1. The standard InChI is InChI=1S/C31H33FN2O4/c1-23-31(19-5-9-24-7-3-2-4-8-24,30(36)33-20-18-25-10-14-27(32)15-11-25)34-29(38-23)26-12-16-28(17-13-26)37-22-6-21-35/h2-5,7-17,23,35H,6,18-22H2,1H3,(H,33,36)/b9-5+/t23-,31-/m1/s1. The molecule has 6 nitrogen and oxygen atoms in total. The number of rotatable bonds is 12. The highest BCUT2D eigenvalue weighted by Gasteiger charge is 2.49. The largest absolute Gasteiger partial charge is 0.494 e. The van der Waals surface area contributed by atoms with Gasteiger partial charge >= 0.3 is 0 Å². The van der Waals surface area contributed by atoms with Crippen molar-refractivity contribution in [1.29, 1.82) is 0 Å². The summed E-state index contributed by atoms with van der Waals surface area (Å²) in [6, 6.07) is 23.5. The average Bonchev–Trinajstić information content (AvgIpc) is 3.28. The molecule has 2 N–H and O–H groups in total. The molecule has 0 bridgehead atoms. The molecule has 0 fully saturated rings. The first-order chi connectivity index (χ1) is 18.5. The third-order valence-electron chi connectivity index (χ3n) is 6.48. The number of nitrogens with one attached hydrogen (secondary N) is 1. The molecule has 1 heterocycles. The number of halogens is 1. The Morgan fingerprint density at radius 1 is 1.11 bits per heavy atom.